The van der Waals surface area contributed by atoms with Gasteiger partial charge in [0.05, 0.1) is 20.3 Å². The minimum absolute atomic E-state index is 0.0989. The third-order valence-electron chi connectivity index (χ3n) is 6.26. The number of rotatable bonds is 8. The summed E-state index contributed by atoms with van der Waals surface area (Å²) in [4.78, 5) is 16.5. The topological polar surface area (TPSA) is 51.2 Å². The molecule has 2 aromatic rings. The number of carbonyl (C=O) groups is 1. The number of halogens is 1. The molecule has 0 aliphatic carbocycles. The van der Waals surface area contributed by atoms with Crippen molar-refractivity contribution in [3.63, 3.8) is 0 Å². The van der Waals surface area contributed by atoms with Crippen molar-refractivity contribution in [2.45, 2.75) is 32.3 Å². The molecule has 2 aliphatic heterocycles. The lowest BCUT2D eigenvalue weighted by Gasteiger charge is -2.33. The number of anilines is 1. The smallest absolute Gasteiger partial charge is 0.414 e. The summed E-state index contributed by atoms with van der Waals surface area (Å²) in [6, 6.07) is 13.8. The molecule has 1 amide bonds. The van der Waals surface area contributed by atoms with E-state index >= 15 is 0 Å². The summed E-state index contributed by atoms with van der Waals surface area (Å²) in [5, 5.41) is 0. The van der Waals surface area contributed by atoms with Crippen molar-refractivity contribution in [1.29, 1.82) is 0 Å². The van der Waals surface area contributed by atoms with Gasteiger partial charge in [0.2, 0.25) is 0 Å². The third-order valence-corrected chi connectivity index (χ3v) is 7.04. The molecule has 0 saturated carbocycles. The number of likely N-dealkylation sites (tertiary alicyclic amines) is 1. The van der Waals surface area contributed by atoms with E-state index in [-0.39, 0.29) is 12.2 Å². The monoisotopic (exact) mass is 502 g/mol. The van der Waals surface area contributed by atoms with Crippen LogP contribution in [0.1, 0.15) is 25.3 Å². The van der Waals surface area contributed by atoms with Gasteiger partial charge in [-0.25, -0.2) is 4.79 Å². The molecular weight excluding hydrogens is 472 g/mol. The molecule has 172 valence electrons. The molecule has 2 aromatic carbocycles. The van der Waals surface area contributed by atoms with Gasteiger partial charge in [0.1, 0.15) is 17.6 Å². The predicted molar refractivity (Wildman–Crippen MR) is 129 cm³/mol. The summed E-state index contributed by atoms with van der Waals surface area (Å²) < 4.78 is 17.7. The van der Waals surface area contributed by atoms with Crippen LogP contribution in [-0.2, 0) is 11.2 Å². The van der Waals surface area contributed by atoms with E-state index in [0.717, 1.165) is 60.6 Å². The molecule has 1 unspecified atom stereocenters. The van der Waals surface area contributed by atoms with Crippen molar-refractivity contribution in [3.05, 3.63) is 52.5 Å². The van der Waals surface area contributed by atoms with Gasteiger partial charge in [-0.05, 0) is 93.2 Å². The van der Waals surface area contributed by atoms with Crippen LogP contribution < -0.4 is 14.4 Å². The number of nitrogens with zero attached hydrogens (tertiary/aromatic N) is 2. The number of hydrogen-bond donors (Lipinski definition) is 0. The SMILES string of the molecule is CCOc1ccc(Br)c(CC2CCN(CC3CN(c4ccc(OC)cc4)C(=O)O3)CC2)c1. The molecule has 1 atom stereocenters. The number of cyclic esters (lactones) is 1. The van der Waals surface area contributed by atoms with Gasteiger partial charge in [-0.15, -0.1) is 0 Å². The van der Waals surface area contributed by atoms with Crippen LogP contribution in [0.3, 0.4) is 0 Å². The van der Waals surface area contributed by atoms with Gasteiger partial charge in [-0.3, -0.25) is 9.80 Å². The Hall–Kier alpha value is -2.25. The molecule has 0 bridgehead atoms. The molecule has 2 saturated heterocycles. The Morgan fingerprint density at radius 1 is 1.09 bits per heavy atom. The van der Waals surface area contributed by atoms with Gasteiger partial charge < -0.3 is 14.2 Å². The van der Waals surface area contributed by atoms with E-state index in [1.54, 1.807) is 12.0 Å². The Kier molecular flexibility index (Phi) is 7.58. The molecule has 7 heteroatoms. The first-order chi connectivity index (χ1) is 15.6. The number of amides is 1. The van der Waals surface area contributed by atoms with Crippen LogP contribution in [0, 0.1) is 5.92 Å². The summed E-state index contributed by atoms with van der Waals surface area (Å²) >= 11 is 3.69. The molecule has 0 spiro atoms. The summed E-state index contributed by atoms with van der Waals surface area (Å²) in [6.07, 6.45) is 2.98. The van der Waals surface area contributed by atoms with Gasteiger partial charge in [-0.2, -0.15) is 0 Å². The first-order valence-corrected chi connectivity index (χ1v) is 12.1. The Bertz CT molecular complexity index is 913. The second kappa shape index (κ2) is 10.6. The molecule has 32 heavy (non-hydrogen) atoms. The number of methoxy groups -OCH3 is 1. The molecule has 2 fully saturated rings. The third kappa shape index (κ3) is 5.56. The highest BCUT2D eigenvalue weighted by molar-refractivity contribution is 9.10. The van der Waals surface area contributed by atoms with Crippen LogP contribution >= 0.6 is 15.9 Å². The van der Waals surface area contributed by atoms with E-state index in [1.807, 2.05) is 37.3 Å². The largest absolute Gasteiger partial charge is 0.497 e. The lowest BCUT2D eigenvalue weighted by atomic mass is 9.90. The fourth-order valence-electron chi connectivity index (χ4n) is 4.53. The summed E-state index contributed by atoms with van der Waals surface area (Å²) in [5.74, 6) is 2.37. The zero-order chi connectivity index (χ0) is 22.5. The molecular formula is C25H31BrN2O4. The zero-order valence-electron chi connectivity index (χ0n) is 18.8. The van der Waals surface area contributed by atoms with E-state index < -0.39 is 0 Å². The average Bonchev–Trinajstić information content (AvgIpc) is 3.17. The summed E-state index contributed by atoms with van der Waals surface area (Å²) in [7, 11) is 1.63. The highest BCUT2D eigenvalue weighted by Gasteiger charge is 2.34. The first kappa shape index (κ1) is 22.9. The average molecular weight is 503 g/mol. The number of hydrogen-bond acceptors (Lipinski definition) is 5. The van der Waals surface area contributed by atoms with Gasteiger partial charge in [0.15, 0.2) is 0 Å². The Labute approximate surface area is 198 Å². The normalized spacial score (nSPS) is 19.8. The maximum atomic E-state index is 12.4. The van der Waals surface area contributed by atoms with Crippen molar-refractivity contribution >= 4 is 27.7 Å². The number of ether oxygens (including phenoxy) is 3. The van der Waals surface area contributed by atoms with Gasteiger partial charge in [-0.1, -0.05) is 15.9 Å². The van der Waals surface area contributed by atoms with Crippen LogP contribution in [-0.4, -0.2) is 57.0 Å². The van der Waals surface area contributed by atoms with E-state index in [0.29, 0.717) is 19.1 Å². The number of carbonyl (C=O) groups excluding carboxylic acids is 1. The second-order valence-corrected chi connectivity index (χ2v) is 9.30. The molecule has 0 radical (unpaired) electrons. The zero-order valence-corrected chi connectivity index (χ0v) is 20.3. The van der Waals surface area contributed by atoms with E-state index in [4.69, 9.17) is 14.2 Å². The first-order valence-electron chi connectivity index (χ1n) is 11.3. The van der Waals surface area contributed by atoms with E-state index in [9.17, 15) is 4.79 Å². The van der Waals surface area contributed by atoms with Crippen molar-refractivity contribution in [1.82, 2.24) is 4.90 Å². The van der Waals surface area contributed by atoms with Gasteiger partial charge >= 0.3 is 6.09 Å². The maximum absolute atomic E-state index is 12.4. The predicted octanol–water partition coefficient (Wildman–Crippen LogP) is 5.14. The van der Waals surface area contributed by atoms with Crippen LogP contribution in [0.15, 0.2) is 46.9 Å². The molecule has 0 N–H and O–H groups in total. The molecule has 2 aliphatic rings. The van der Waals surface area contributed by atoms with Gasteiger partial charge in [0, 0.05) is 16.7 Å². The van der Waals surface area contributed by atoms with Crippen LogP contribution in [0.2, 0.25) is 0 Å². The molecule has 0 aromatic heterocycles. The minimum Gasteiger partial charge on any atom is -0.497 e. The molecule has 6 nitrogen and oxygen atoms in total. The Morgan fingerprint density at radius 3 is 2.50 bits per heavy atom. The highest BCUT2D eigenvalue weighted by Crippen LogP contribution is 2.30. The fraction of sp³-hybridized carbons (Fsp3) is 0.480. The van der Waals surface area contributed by atoms with Crippen LogP contribution in [0.4, 0.5) is 10.5 Å². The second-order valence-electron chi connectivity index (χ2n) is 8.45. The Balaban J connectivity index is 1.26. The van der Waals surface area contributed by atoms with Crippen molar-refractivity contribution in [3.8, 4) is 11.5 Å². The lowest BCUT2D eigenvalue weighted by Crippen LogP contribution is -2.40. The van der Waals surface area contributed by atoms with Crippen LogP contribution in [0.25, 0.3) is 0 Å². The minimum atomic E-state index is -0.269. The summed E-state index contributed by atoms with van der Waals surface area (Å²) in [6.45, 7) is 6.13. The van der Waals surface area contributed by atoms with E-state index in [2.05, 4.69) is 33.0 Å². The van der Waals surface area contributed by atoms with E-state index in [1.165, 1.54) is 5.56 Å². The number of benzene rings is 2. The lowest BCUT2D eigenvalue weighted by molar-refractivity contribution is 0.0914. The quantitative estimate of drug-likeness (QED) is 0.500. The van der Waals surface area contributed by atoms with Crippen LogP contribution in [0.5, 0.6) is 11.5 Å². The van der Waals surface area contributed by atoms with Crippen molar-refractivity contribution in [2.75, 3.05) is 44.8 Å². The maximum Gasteiger partial charge on any atom is 0.414 e. The van der Waals surface area contributed by atoms with Gasteiger partial charge in [0.25, 0.3) is 0 Å². The van der Waals surface area contributed by atoms with Crippen molar-refractivity contribution < 1.29 is 19.0 Å². The number of piperidine rings is 1. The highest BCUT2D eigenvalue weighted by atomic mass is 79.9. The molecule has 4 rings (SSSR count). The summed E-state index contributed by atoms with van der Waals surface area (Å²) in [5.41, 5.74) is 2.16. The molecule has 2 heterocycles. The Morgan fingerprint density at radius 2 is 1.81 bits per heavy atom. The standard InChI is InChI=1S/C25H31BrN2O4/c1-3-31-22-8-9-24(26)19(15-22)14-18-10-12-27(13-11-18)16-23-17-28(25(29)32-23)20-4-6-21(30-2)7-5-20/h4-9,15,18,23H,3,10-14,16-17H2,1-2H3. The fourth-order valence-corrected chi connectivity index (χ4v) is 4.93. The van der Waals surface area contributed by atoms with Crippen molar-refractivity contribution in [2.24, 2.45) is 5.92 Å².